The van der Waals surface area contributed by atoms with Crippen molar-refractivity contribution in [2.45, 2.75) is 39.3 Å². The van der Waals surface area contributed by atoms with E-state index in [4.69, 9.17) is 16.3 Å². The van der Waals surface area contributed by atoms with E-state index in [1.54, 1.807) is 7.11 Å². The third kappa shape index (κ3) is 1.47. The zero-order valence-corrected chi connectivity index (χ0v) is 10.2. The van der Waals surface area contributed by atoms with Crippen molar-refractivity contribution in [3.63, 3.8) is 0 Å². The summed E-state index contributed by atoms with van der Waals surface area (Å²) in [6, 6.07) is 0.338. The molecule has 1 aromatic rings. The van der Waals surface area contributed by atoms with Crippen LogP contribution in [0.1, 0.15) is 32.1 Å². The fraction of sp³-hybridized carbons (Fsp3) is 0.800. The maximum Gasteiger partial charge on any atom is 0.225 e. The van der Waals surface area contributed by atoms with Crippen molar-refractivity contribution in [1.29, 1.82) is 0 Å². The van der Waals surface area contributed by atoms with Gasteiger partial charge in [-0.1, -0.05) is 13.8 Å². The van der Waals surface area contributed by atoms with E-state index in [1.807, 2.05) is 11.5 Å². The first-order chi connectivity index (χ1) is 6.98. The summed E-state index contributed by atoms with van der Waals surface area (Å²) in [5.41, 5.74) is 0.0888. The first-order valence-electron chi connectivity index (χ1n) is 5.08. The molecule has 2 atom stereocenters. The highest BCUT2D eigenvalue weighted by molar-refractivity contribution is 6.28. The molecular formula is C10H16ClN3O. The Morgan fingerprint density at radius 3 is 2.53 bits per heavy atom. The Labute approximate surface area is 94.6 Å². The van der Waals surface area contributed by atoms with Gasteiger partial charge in [-0.3, -0.25) is 4.57 Å². The Morgan fingerprint density at radius 2 is 2.13 bits per heavy atom. The second-order valence-corrected chi connectivity index (χ2v) is 5.02. The van der Waals surface area contributed by atoms with Crippen LogP contribution in [-0.2, 0) is 4.74 Å². The molecule has 1 saturated carbocycles. The summed E-state index contributed by atoms with van der Waals surface area (Å²) in [7, 11) is 1.75. The van der Waals surface area contributed by atoms with E-state index in [9.17, 15) is 0 Å². The van der Waals surface area contributed by atoms with Gasteiger partial charge in [0.25, 0.3) is 0 Å². The molecule has 0 amide bonds. The predicted octanol–water partition coefficient (Wildman–Crippen LogP) is 2.23. The molecular weight excluding hydrogens is 214 g/mol. The molecule has 1 aliphatic rings. The second-order valence-electron chi connectivity index (χ2n) is 4.68. The molecule has 0 N–H and O–H groups in total. The number of ether oxygens (including phenoxy) is 1. The second kappa shape index (κ2) is 3.46. The molecule has 5 heteroatoms. The third-order valence-corrected chi connectivity index (χ3v) is 3.80. The quantitative estimate of drug-likeness (QED) is 0.781. The van der Waals surface area contributed by atoms with Crippen LogP contribution in [0.15, 0.2) is 0 Å². The van der Waals surface area contributed by atoms with Crippen LogP contribution >= 0.6 is 11.6 Å². The van der Waals surface area contributed by atoms with Crippen molar-refractivity contribution in [1.82, 2.24) is 14.8 Å². The van der Waals surface area contributed by atoms with E-state index in [2.05, 4.69) is 24.0 Å². The van der Waals surface area contributed by atoms with Gasteiger partial charge >= 0.3 is 0 Å². The molecule has 1 heterocycles. The monoisotopic (exact) mass is 229 g/mol. The maximum absolute atomic E-state index is 6.02. The number of hydrogen-bond acceptors (Lipinski definition) is 3. The van der Waals surface area contributed by atoms with Crippen LogP contribution in [0.3, 0.4) is 0 Å². The molecule has 1 fully saturated rings. The zero-order chi connectivity index (χ0) is 11.2. The molecule has 2 unspecified atom stereocenters. The van der Waals surface area contributed by atoms with Crippen molar-refractivity contribution in [3.05, 3.63) is 11.1 Å². The lowest BCUT2D eigenvalue weighted by atomic mass is 9.64. The SMILES string of the molecule is COC1CC(n2c(C)nnc2Cl)C1(C)C. The van der Waals surface area contributed by atoms with Crippen LogP contribution < -0.4 is 0 Å². The van der Waals surface area contributed by atoms with Gasteiger partial charge in [0.2, 0.25) is 5.28 Å². The van der Waals surface area contributed by atoms with E-state index in [0.29, 0.717) is 17.4 Å². The van der Waals surface area contributed by atoms with E-state index in [-0.39, 0.29) is 5.41 Å². The van der Waals surface area contributed by atoms with E-state index in [0.717, 1.165) is 12.2 Å². The molecule has 0 saturated heterocycles. The van der Waals surface area contributed by atoms with Crippen LogP contribution in [0.4, 0.5) is 0 Å². The number of halogens is 1. The predicted molar refractivity (Wildman–Crippen MR) is 58.0 cm³/mol. The smallest absolute Gasteiger partial charge is 0.225 e. The van der Waals surface area contributed by atoms with E-state index in [1.165, 1.54) is 0 Å². The molecule has 1 aliphatic carbocycles. The minimum absolute atomic E-state index is 0.0888. The van der Waals surface area contributed by atoms with Gasteiger partial charge in [-0.2, -0.15) is 0 Å². The summed E-state index contributed by atoms with van der Waals surface area (Å²) < 4.78 is 7.41. The highest BCUT2D eigenvalue weighted by Crippen LogP contribution is 2.51. The molecule has 0 aromatic carbocycles. The molecule has 4 nitrogen and oxygen atoms in total. The van der Waals surface area contributed by atoms with Gasteiger partial charge in [0, 0.05) is 18.6 Å². The minimum atomic E-state index is 0.0888. The Kier molecular flexibility index (Phi) is 2.51. The lowest BCUT2D eigenvalue weighted by Crippen LogP contribution is -2.51. The number of rotatable bonds is 2. The summed E-state index contributed by atoms with van der Waals surface area (Å²) in [6.07, 6.45) is 1.27. The molecule has 1 aromatic heterocycles. The first kappa shape index (κ1) is 10.9. The first-order valence-corrected chi connectivity index (χ1v) is 5.46. The summed E-state index contributed by atoms with van der Waals surface area (Å²) in [6.45, 7) is 6.30. The summed E-state index contributed by atoms with van der Waals surface area (Å²) in [4.78, 5) is 0. The normalized spacial score (nSPS) is 28.9. The average molecular weight is 230 g/mol. The van der Waals surface area contributed by atoms with Crippen LogP contribution in [-0.4, -0.2) is 28.0 Å². The standard InChI is InChI=1S/C10H16ClN3O/c1-6-12-13-9(11)14(6)7-5-8(15-4)10(7,2)3/h7-8H,5H2,1-4H3. The largest absolute Gasteiger partial charge is 0.381 e. The molecule has 15 heavy (non-hydrogen) atoms. The number of aryl methyl sites for hydroxylation is 1. The van der Waals surface area contributed by atoms with Crippen molar-refractivity contribution in [3.8, 4) is 0 Å². The number of methoxy groups -OCH3 is 1. The maximum atomic E-state index is 6.02. The molecule has 0 radical (unpaired) electrons. The van der Waals surface area contributed by atoms with Crippen LogP contribution in [0, 0.1) is 12.3 Å². The average Bonchev–Trinajstić information content (AvgIpc) is 2.48. The highest BCUT2D eigenvalue weighted by atomic mass is 35.5. The van der Waals surface area contributed by atoms with Crippen LogP contribution in [0.25, 0.3) is 0 Å². The Morgan fingerprint density at radius 1 is 1.47 bits per heavy atom. The lowest BCUT2D eigenvalue weighted by molar-refractivity contribution is -0.113. The molecule has 0 spiro atoms. The molecule has 0 aliphatic heterocycles. The summed E-state index contributed by atoms with van der Waals surface area (Å²) >= 11 is 6.02. The highest BCUT2D eigenvalue weighted by Gasteiger charge is 2.50. The van der Waals surface area contributed by atoms with Gasteiger partial charge in [0.15, 0.2) is 0 Å². The number of hydrogen-bond donors (Lipinski definition) is 0. The fourth-order valence-corrected chi connectivity index (χ4v) is 2.68. The number of aromatic nitrogens is 3. The zero-order valence-electron chi connectivity index (χ0n) is 9.49. The molecule has 84 valence electrons. The summed E-state index contributed by atoms with van der Waals surface area (Å²) in [5.74, 6) is 0.868. The van der Waals surface area contributed by atoms with Gasteiger partial charge in [0.1, 0.15) is 5.82 Å². The Hall–Kier alpha value is -0.610. The Bertz CT molecular complexity index is 355. The van der Waals surface area contributed by atoms with Crippen LogP contribution in [0.5, 0.6) is 0 Å². The summed E-state index contributed by atoms with van der Waals surface area (Å²) in [5, 5.41) is 8.32. The number of nitrogens with zero attached hydrogens (tertiary/aromatic N) is 3. The minimum Gasteiger partial charge on any atom is -0.381 e. The third-order valence-electron chi connectivity index (χ3n) is 3.55. The van der Waals surface area contributed by atoms with Gasteiger partial charge in [0.05, 0.1) is 6.10 Å². The van der Waals surface area contributed by atoms with Gasteiger partial charge in [-0.25, -0.2) is 0 Å². The lowest BCUT2D eigenvalue weighted by Gasteiger charge is -2.51. The van der Waals surface area contributed by atoms with E-state index >= 15 is 0 Å². The molecule has 2 rings (SSSR count). The Balaban J connectivity index is 2.28. The van der Waals surface area contributed by atoms with Gasteiger partial charge in [-0.15, -0.1) is 10.2 Å². The van der Waals surface area contributed by atoms with Crippen molar-refractivity contribution in [2.24, 2.45) is 5.41 Å². The topological polar surface area (TPSA) is 39.9 Å². The van der Waals surface area contributed by atoms with Gasteiger partial charge < -0.3 is 4.74 Å². The van der Waals surface area contributed by atoms with Crippen LogP contribution in [0.2, 0.25) is 5.28 Å². The van der Waals surface area contributed by atoms with Gasteiger partial charge in [-0.05, 0) is 24.9 Å². The van der Waals surface area contributed by atoms with E-state index < -0.39 is 0 Å². The molecule has 0 bridgehead atoms. The van der Waals surface area contributed by atoms with Crippen molar-refractivity contribution in [2.75, 3.05) is 7.11 Å². The van der Waals surface area contributed by atoms with Crippen molar-refractivity contribution < 1.29 is 4.74 Å². The fourth-order valence-electron chi connectivity index (χ4n) is 2.40. The van der Waals surface area contributed by atoms with Crippen molar-refractivity contribution >= 4 is 11.6 Å².